The van der Waals surface area contributed by atoms with Gasteiger partial charge in [-0.2, -0.15) is 17.0 Å². The molecule has 1 amide bonds. The summed E-state index contributed by atoms with van der Waals surface area (Å²) in [6.07, 6.45) is 2.26. The molecule has 6 heteroatoms. The Hall–Kier alpha value is -1.74. The molecule has 1 aromatic carbocycles. The summed E-state index contributed by atoms with van der Waals surface area (Å²) in [5, 5.41) is 12.1. The lowest BCUT2D eigenvalue weighted by Gasteiger charge is -2.21. The van der Waals surface area contributed by atoms with E-state index < -0.39 is 11.4 Å². The highest BCUT2D eigenvalue weighted by molar-refractivity contribution is 7.99. The molecule has 1 saturated heterocycles. The van der Waals surface area contributed by atoms with Crippen molar-refractivity contribution in [3.8, 4) is 11.8 Å². The van der Waals surface area contributed by atoms with Gasteiger partial charge in [0.15, 0.2) is 11.6 Å². The molecule has 1 heterocycles. The minimum Gasteiger partial charge on any atom is -0.494 e. The number of nitriles is 1. The van der Waals surface area contributed by atoms with Crippen LogP contribution in [0.5, 0.6) is 5.75 Å². The van der Waals surface area contributed by atoms with E-state index >= 15 is 0 Å². The van der Waals surface area contributed by atoms with Gasteiger partial charge in [-0.3, -0.25) is 4.79 Å². The number of nitrogens with zero attached hydrogens (tertiary/aromatic N) is 1. The summed E-state index contributed by atoms with van der Waals surface area (Å²) in [5.74, 6) is 1.27. The van der Waals surface area contributed by atoms with Gasteiger partial charge in [-0.15, -0.1) is 0 Å². The zero-order valence-corrected chi connectivity index (χ0v) is 13.3. The second-order valence-corrected chi connectivity index (χ2v) is 6.47. The van der Waals surface area contributed by atoms with Gasteiger partial charge in [-0.1, -0.05) is 6.07 Å². The number of carbonyl (C=O) groups is 1. The standard InChI is InChI=1S/C16H19FN2O2S/c1-21-14-6-5-12(9-13(14)17)3-2-4-15(20)19-16(10-18)7-8-22-11-16/h5-6,9H,2-4,7-8,11H2,1H3,(H,19,20)/t16-/m0/s1. The number of aryl methyl sites for hydroxylation is 1. The molecular formula is C16H19FN2O2S. The van der Waals surface area contributed by atoms with Crippen LogP contribution in [0.25, 0.3) is 0 Å². The average Bonchev–Trinajstić information content (AvgIpc) is 2.96. The Labute approximate surface area is 134 Å². The molecule has 1 aliphatic rings. The number of halogens is 1. The predicted octanol–water partition coefficient (Wildman–Crippen LogP) is 2.67. The van der Waals surface area contributed by atoms with E-state index in [-0.39, 0.29) is 11.7 Å². The minimum absolute atomic E-state index is 0.113. The van der Waals surface area contributed by atoms with E-state index in [2.05, 4.69) is 11.4 Å². The molecule has 1 fully saturated rings. The average molecular weight is 322 g/mol. The van der Waals surface area contributed by atoms with Gasteiger partial charge >= 0.3 is 0 Å². The molecule has 0 aliphatic carbocycles. The van der Waals surface area contributed by atoms with Crippen LogP contribution >= 0.6 is 11.8 Å². The van der Waals surface area contributed by atoms with Crippen LogP contribution in [0.3, 0.4) is 0 Å². The van der Waals surface area contributed by atoms with Crippen molar-refractivity contribution in [2.24, 2.45) is 0 Å². The zero-order valence-electron chi connectivity index (χ0n) is 12.5. The SMILES string of the molecule is COc1ccc(CCCC(=O)N[C@]2(C#N)CCSC2)cc1F. The fourth-order valence-corrected chi connectivity index (χ4v) is 3.69. The smallest absolute Gasteiger partial charge is 0.221 e. The fourth-order valence-electron chi connectivity index (χ4n) is 2.43. The number of thioether (sulfide) groups is 1. The molecule has 4 nitrogen and oxygen atoms in total. The van der Waals surface area contributed by atoms with Crippen LogP contribution in [0, 0.1) is 17.1 Å². The Morgan fingerprint density at radius 1 is 1.59 bits per heavy atom. The van der Waals surface area contributed by atoms with Gasteiger partial charge < -0.3 is 10.1 Å². The molecule has 2 rings (SSSR count). The maximum Gasteiger partial charge on any atom is 0.221 e. The predicted molar refractivity (Wildman–Crippen MR) is 84.3 cm³/mol. The third-order valence-corrected chi connectivity index (χ3v) is 4.89. The molecule has 1 atom stereocenters. The Bertz CT molecular complexity index is 580. The van der Waals surface area contributed by atoms with E-state index in [0.29, 0.717) is 31.4 Å². The van der Waals surface area contributed by atoms with E-state index in [0.717, 1.165) is 11.3 Å². The molecule has 0 bridgehead atoms. The van der Waals surface area contributed by atoms with E-state index in [9.17, 15) is 14.4 Å². The highest BCUT2D eigenvalue weighted by Crippen LogP contribution is 2.27. The van der Waals surface area contributed by atoms with Gasteiger partial charge in [-0.25, -0.2) is 4.39 Å². The molecule has 0 saturated carbocycles. The highest BCUT2D eigenvalue weighted by Gasteiger charge is 2.35. The number of benzene rings is 1. The first-order valence-corrected chi connectivity index (χ1v) is 8.36. The highest BCUT2D eigenvalue weighted by atomic mass is 32.2. The van der Waals surface area contributed by atoms with Crippen LogP contribution in [-0.2, 0) is 11.2 Å². The van der Waals surface area contributed by atoms with Gasteiger partial charge in [0.05, 0.1) is 13.2 Å². The number of hydrogen-bond acceptors (Lipinski definition) is 4. The van der Waals surface area contributed by atoms with Gasteiger partial charge in [0.25, 0.3) is 0 Å². The number of rotatable bonds is 6. The Kier molecular flexibility index (Phi) is 5.67. The van der Waals surface area contributed by atoms with Crippen molar-refractivity contribution in [2.45, 2.75) is 31.2 Å². The van der Waals surface area contributed by atoms with Crippen LogP contribution in [0.1, 0.15) is 24.8 Å². The second kappa shape index (κ2) is 7.50. The summed E-state index contributed by atoms with van der Waals surface area (Å²) >= 11 is 1.68. The first-order chi connectivity index (χ1) is 10.6. The van der Waals surface area contributed by atoms with Crippen LogP contribution in [0.2, 0.25) is 0 Å². The number of amides is 1. The zero-order chi connectivity index (χ0) is 16.0. The largest absolute Gasteiger partial charge is 0.494 e. The summed E-state index contributed by atoms with van der Waals surface area (Å²) in [6.45, 7) is 0. The quantitative estimate of drug-likeness (QED) is 0.874. The lowest BCUT2D eigenvalue weighted by atomic mass is 10.0. The normalized spacial score (nSPS) is 20.4. The van der Waals surface area contributed by atoms with Crippen LogP contribution in [0.15, 0.2) is 18.2 Å². The third kappa shape index (κ3) is 4.14. The van der Waals surface area contributed by atoms with Crippen molar-refractivity contribution < 1.29 is 13.9 Å². The second-order valence-electron chi connectivity index (χ2n) is 5.37. The lowest BCUT2D eigenvalue weighted by Crippen LogP contribution is -2.47. The summed E-state index contributed by atoms with van der Waals surface area (Å²) < 4.78 is 18.4. The van der Waals surface area contributed by atoms with Gasteiger partial charge in [0, 0.05) is 12.2 Å². The molecule has 0 radical (unpaired) electrons. The Morgan fingerprint density at radius 2 is 2.41 bits per heavy atom. The molecule has 118 valence electrons. The monoisotopic (exact) mass is 322 g/mol. The Balaban J connectivity index is 1.80. The summed E-state index contributed by atoms with van der Waals surface area (Å²) in [4.78, 5) is 12.0. The van der Waals surface area contributed by atoms with E-state index in [4.69, 9.17) is 4.74 Å². The summed E-state index contributed by atoms with van der Waals surface area (Å²) in [7, 11) is 1.43. The molecule has 0 spiro atoms. The summed E-state index contributed by atoms with van der Waals surface area (Å²) in [6, 6.07) is 7.04. The number of nitrogens with one attached hydrogen (secondary N) is 1. The van der Waals surface area contributed by atoms with Crippen molar-refractivity contribution >= 4 is 17.7 Å². The Morgan fingerprint density at radius 3 is 3.00 bits per heavy atom. The fraction of sp³-hybridized carbons (Fsp3) is 0.500. The van der Waals surface area contributed by atoms with E-state index in [1.165, 1.54) is 13.2 Å². The molecule has 0 aromatic heterocycles. The molecule has 22 heavy (non-hydrogen) atoms. The van der Waals surface area contributed by atoms with Gasteiger partial charge in [0.2, 0.25) is 5.91 Å². The van der Waals surface area contributed by atoms with Crippen molar-refractivity contribution in [1.82, 2.24) is 5.32 Å². The maximum atomic E-state index is 13.6. The summed E-state index contributed by atoms with van der Waals surface area (Å²) in [5.41, 5.74) is 0.131. The molecular weight excluding hydrogens is 303 g/mol. The van der Waals surface area contributed by atoms with Crippen molar-refractivity contribution in [3.05, 3.63) is 29.6 Å². The molecule has 1 aliphatic heterocycles. The van der Waals surface area contributed by atoms with Crippen molar-refractivity contribution in [2.75, 3.05) is 18.6 Å². The minimum atomic E-state index is -0.700. The topological polar surface area (TPSA) is 62.1 Å². The first kappa shape index (κ1) is 16.6. The number of methoxy groups -OCH3 is 1. The van der Waals surface area contributed by atoms with Crippen LogP contribution in [-0.4, -0.2) is 30.1 Å². The first-order valence-electron chi connectivity index (χ1n) is 7.21. The van der Waals surface area contributed by atoms with Crippen molar-refractivity contribution in [3.63, 3.8) is 0 Å². The molecule has 1 aromatic rings. The number of carbonyl (C=O) groups excluding carboxylic acids is 1. The van der Waals surface area contributed by atoms with Crippen LogP contribution < -0.4 is 10.1 Å². The van der Waals surface area contributed by atoms with Gasteiger partial charge in [0.1, 0.15) is 5.54 Å². The lowest BCUT2D eigenvalue weighted by molar-refractivity contribution is -0.122. The van der Waals surface area contributed by atoms with E-state index in [1.54, 1.807) is 23.9 Å². The number of ether oxygens (including phenoxy) is 1. The third-order valence-electron chi connectivity index (χ3n) is 3.70. The molecule has 0 unspecified atom stereocenters. The maximum absolute atomic E-state index is 13.6. The van der Waals surface area contributed by atoms with Gasteiger partial charge in [-0.05, 0) is 42.7 Å². The van der Waals surface area contributed by atoms with Crippen molar-refractivity contribution in [1.29, 1.82) is 5.26 Å². The number of hydrogen-bond donors (Lipinski definition) is 1. The molecule has 1 N–H and O–H groups in total. The van der Waals surface area contributed by atoms with E-state index in [1.807, 2.05) is 0 Å². The van der Waals surface area contributed by atoms with Crippen LogP contribution in [0.4, 0.5) is 4.39 Å².